The first-order valence-electron chi connectivity index (χ1n) is 5.81. The fraction of sp³-hybridized carbons (Fsp3) is 0.583. The Morgan fingerprint density at radius 3 is 2.71 bits per heavy atom. The van der Waals surface area contributed by atoms with Gasteiger partial charge in [0, 0.05) is 32.4 Å². The van der Waals surface area contributed by atoms with E-state index in [1.807, 2.05) is 14.0 Å². The minimum Gasteiger partial charge on any atom is -0.503 e. The van der Waals surface area contributed by atoms with Crippen LogP contribution in [0, 0.1) is 0 Å². The summed E-state index contributed by atoms with van der Waals surface area (Å²) in [7, 11) is 1.84. The molecule has 5 nitrogen and oxygen atoms in total. The number of aryl methyl sites for hydroxylation is 1. The summed E-state index contributed by atoms with van der Waals surface area (Å²) in [6, 6.07) is 1.39. The second kappa shape index (κ2) is 4.89. The van der Waals surface area contributed by atoms with Gasteiger partial charge in [-0.15, -0.1) is 0 Å². The highest BCUT2D eigenvalue weighted by atomic mass is 16.5. The second-order valence-corrected chi connectivity index (χ2v) is 4.35. The third kappa shape index (κ3) is 2.35. The number of rotatable bonds is 2. The van der Waals surface area contributed by atoms with Crippen molar-refractivity contribution in [1.29, 1.82) is 0 Å². The molecule has 1 atom stereocenters. The first-order valence-corrected chi connectivity index (χ1v) is 5.81. The molecule has 0 amide bonds. The molecular formula is C12H18N2O3. The number of ether oxygens (including phenoxy) is 1. The lowest BCUT2D eigenvalue weighted by atomic mass is 10.1. The van der Waals surface area contributed by atoms with Crippen LogP contribution in [0.25, 0.3) is 0 Å². The predicted molar refractivity (Wildman–Crippen MR) is 64.2 cm³/mol. The summed E-state index contributed by atoms with van der Waals surface area (Å²) in [6.45, 7) is 5.05. The van der Waals surface area contributed by atoms with Crippen molar-refractivity contribution in [2.24, 2.45) is 7.05 Å². The molecule has 1 aromatic rings. The van der Waals surface area contributed by atoms with E-state index in [0.29, 0.717) is 18.9 Å². The molecule has 1 aromatic heterocycles. The fourth-order valence-corrected chi connectivity index (χ4v) is 2.26. The number of morpholine rings is 1. The standard InChI is InChI=1S/C12H18N2O3/c1-9(14-5-7-17-8-6-14)11-12(16)10(15)3-4-13(11)2/h3-4,9,16H,5-8H2,1-2H3. The molecular weight excluding hydrogens is 220 g/mol. The lowest BCUT2D eigenvalue weighted by Crippen LogP contribution is -2.39. The van der Waals surface area contributed by atoms with Crippen molar-refractivity contribution in [2.75, 3.05) is 26.3 Å². The van der Waals surface area contributed by atoms with Gasteiger partial charge in [0.25, 0.3) is 0 Å². The van der Waals surface area contributed by atoms with Crippen molar-refractivity contribution >= 4 is 0 Å². The Labute approximate surface area is 100 Å². The van der Waals surface area contributed by atoms with Gasteiger partial charge in [-0.05, 0) is 6.92 Å². The van der Waals surface area contributed by atoms with Gasteiger partial charge in [0.2, 0.25) is 5.43 Å². The predicted octanol–water partition coefficient (Wildman–Crippen LogP) is 0.484. The van der Waals surface area contributed by atoms with Gasteiger partial charge in [-0.3, -0.25) is 9.69 Å². The highest BCUT2D eigenvalue weighted by Gasteiger charge is 2.23. The Balaban J connectivity index is 2.32. The molecule has 0 saturated carbocycles. The Kier molecular flexibility index (Phi) is 3.49. The molecule has 0 bridgehead atoms. The van der Waals surface area contributed by atoms with Crippen LogP contribution in [0.15, 0.2) is 17.1 Å². The Morgan fingerprint density at radius 2 is 2.06 bits per heavy atom. The van der Waals surface area contributed by atoms with E-state index in [9.17, 15) is 9.90 Å². The maximum Gasteiger partial charge on any atom is 0.223 e. The van der Waals surface area contributed by atoms with Crippen molar-refractivity contribution in [3.63, 3.8) is 0 Å². The molecule has 0 aliphatic carbocycles. The van der Waals surface area contributed by atoms with Gasteiger partial charge in [0.1, 0.15) is 0 Å². The van der Waals surface area contributed by atoms with Gasteiger partial charge in [-0.25, -0.2) is 0 Å². The van der Waals surface area contributed by atoms with Crippen molar-refractivity contribution in [3.05, 3.63) is 28.2 Å². The minimum absolute atomic E-state index is 0.0119. The lowest BCUT2D eigenvalue weighted by molar-refractivity contribution is 0.0179. The number of hydrogen-bond acceptors (Lipinski definition) is 4. The zero-order valence-electron chi connectivity index (χ0n) is 10.2. The van der Waals surface area contributed by atoms with Crippen LogP contribution in [0.5, 0.6) is 5.75 Å². The number of aromatic nitrogens is 1. The molecule has 94 valence electrons. The molecule has 17 heavy (non-hydrogen) atoms. The maximum absolute atomic E-state index is 11.5. The number of pyridine rings is 1. The van der Waals surface area contributed by atoms with E-state index in [4.69, 9.17) is 4.74 Å². The molecule has 0 aromatic carbocycles. The van der Waals surface area contributed by atoms with Crippen LogP contribution in [0.1, 0.15) is 18.7 Å². The summed E-state index contributed by atoms with van der Waals surface area (Å²) < 4.78 is 7.10. The van der Waals surface area contributed by atoms with E-state index in [-0.39, 0.29) is 17.2 Å². The monoisotopic (exact) mass is 238 g/mol. The van der Waals surface area contributed by atoms with Gasteiger partial charge in [0.15, 0.2) is 5.75 Å². The first kappa shape index (κ1) is 12.1. The van der Waals surface area contributed by atoms with Crippen LogP contribution >= 0.6 is 0 Å². The van der Waals surface area contributed by atoms with Crippen molar-refractivity contribution < 1.29 is 9.84 Å². The normalized spacial score (nSPS) is 19.2. The van der Waals surface area contributed by atoms with Gasteiger partial charge >= 0.3 is 0 Å². The van der Waals surface area contributed by atoms with Crippen LogP contribution in [0.2, 0.25) is 0 Å². The van der Waals surface area contributed by atoms with Crippen molar-refractivity contribution in [3.8, 4) is 5.75 Å². The van der Waals surface area contributed by atoms with E-state index in [1.54, 1.807) is 10.8 Å². The summed E-state index contributed by atoms with van der Waals surface area (Å²) in [5, 5.41) is 9.89. The SMILES string of the molecule is CC(c1c(O)c(=O)ccn1C)N1CCOCC1. The first-order chi connectivity index (χ1) is 8.11. The smallest absolute Gasteiger partial charge is 0.223 e. The van der Waals surface area contributed by atoms with E-state index >= 15 is 0 Å². The summed E-state index contributed by atoms with van der Waals surface area (Å²) >= 11 is 0. The quantitative estimate of drug-likeness (QED) is 0.814. The van der Waals surface area contributed by atoms with Crippen molar-refractivity contribution in [2.45, 2.75) is 13.0 Å². The Hall–Kier alpha value is -1.33. The maximum atomic E-state index is 11.5. The topological polar surface area (TPSA) is 54.7 Å². The molecule has 1 aliphatic heterocycles. The average Bonchev–Trinajstić information content (AvgIpc) is 2.35. The minimum atomic E-state index is -0.321. The molecule has 1 saturated heterocycles. The Bertz CT molecular complexity index is 450. The average molecular weight is 238 g/mol. The van der Waals surface area contributed by atoms with Crippen LogP contribution in [-0.2, 0) is 11.8 Å². The fourth-order valence-electron chi connectivity index (χ4n) is 2.26. The third-order valence-corrected chi connectivity index (χ3v) is 3.29. The molecule has 1 unspecified atom stereocenters. The Morgan fingerprint density at radius 1 is 1.41 bits per heavy atom. The van der Waals surface area contributed by atoms with Crippen LogP contribution in [0.4, 0.5) is 0 Å². The second-order valence-electron chi connectivity index (χ2n) is 4.35. The largest absolute Gasteiger partial charge is 0.503 e. The highest BCUT2D eigenvalue weighted by Crippen LogP contribution is 2.25. The van der Waals surface area contributed by atoms with Gasteiger partial charge in [-0.1, -0.05) is 0 Å². The third-order valence-electron chi connectivity index (χ3n) is 3.29. The zero-order chi connectivity index (χ0) is 12.4. The van der Waals surface area contributed by atoms with E-state index < -0.39 is 0 Å². The van der Waals surface area contributed by atoms with E-state index in [1.165, 1.54) is 6.07 Å². The lowest BCUT2D eigenvalue weighted by Gasteiger charge is -2.33. The molecule has 0 spiro atoms. The summed E-state index contributed by atoms with van der Waals surface area (Å²) in [5.74, 6) is -0.144. The zero-order valence-corrected chi connectivity index (χ0v) is 10.2. The number of nitrogens with zero attached hydrogens (tertiary/aromatic N) is 2. The van der Waals surface area contributed by atoms with E-state index in [2.05, 4.69) is 4.90 Å². The van der Waals surface area contributed by atoms with Gasteiger partial charge in [0.05, 0.1) is 24.9 Å². The summed E-state index contributed by atoms with van der Waals surface area (Å²) in [5.41, 5.74) is 0.345. The molecule has 5 heteroatoms. The molecule has 1 aliphatic rings. The summed E-state index contributed by atoms with van der Waals surface area (Å²) in [6.07, 6.45) is 1.69. The number of aromatic hydroxyl groups is 1. The molecule has 2 heterocycles. The van der Waals surface area contributed by atoms with Crippen LogP contribution in [-0.4, -0.2) is 40.9 Å². The number of hydrogen-bond donors (Lipinski definition) is 1. The van der Waals surface area contributed by atoms with Crippen molar-refractivity contribution in [1.82, 2.24) is 9.47 Å². The van der Waals surface area contributed by atoms with Crippen LogP contribution < -0.4 is 5.43 Å². The van der Waals surface area contributed by atoms with Gasteiger partial charge in [-0.2, -0.15) is 0 Å². The molecule has 1 N–H and O–H groups in total. The highest BCUT2D eigenvalue weighted by molar-refractivity contribution is 5.29. The van der Waals surface area contributed by atoms with E-state index in [0.717, 1.165) is 13.1 Å². The van der Waals surface area contributed by atoms with Gasteiger partial charge < -0.3 is 14.4 Å². The molecule has 1 fully saturated rings. The molecule has 0 radical (unpaired) electrons. The summed E-state index contributed by atoms with van der Waals surface area (Å²) in [4.78, 5) is 13.7. The van der Waals surface area contributed by atoms with Crippen LogP contribution in [0.3, 0.4) is 0 Å². The molecule has 2 rings (SSSR count).